The van der Waals surface area contributed by atoms with Crippen molar-refractivity contribution in [2.24, 2.45) is 5.41 Å². The summed E-state index contributed by atoms with van der Waals surface area (Å²) >= 11 is 0. The fourth-order valence-corrected chi connectivity index (χ4v) is 2.67. The minimum Gasteiger partial charge on any atom is -0.358 e. The van der Waals surface area contributed by atoms with Gasteiger partial charge in [-0.3, -0.25) is 5.10 Å². The number of nitrogens with zero attached hydrogens (tertiary/aromatic N) is 9. The Labute approximate surface area is 324 Å². The molecule has 11 heteroatoms. The Bertz CT molecular complexity index is 1060. The molecule has 0 spiro atoms. The molecule has 0 saturated heterocycles. The molecular weight excluding hydrogens is 792 g/mol. The maximum atomic E-state index is 4.49. The molecule has 0 aliphatic rings. The predicted octanol–water partition coefficient (Wildman–Crippen LogP) is 10.6. The predicted molar refractivity (Wildman–Crippen MR) is 211 cm³/mol. The number of H-pyrrole nitrogens is 1. The van der Waals surface area contributed by atoms with Gasteiger partial charge in [0.25, 0.3) is 0 Å². The fraction of sp³-hybridized carbons (Fsp3) is 0.821. The summed E-state index contributed by atoms with van der Waals surface area (Å²) in [4.78, 5) is 6.15. The molecule has 50 heavy (non-hydrogen) atoms. The van der Waals surface area contributed by atoms with Gasteiger partial charge in [-0.25, -0.2) is 9.67 Å². The maximum absolute atomic E-state index is 4.49. The van der Waals surface area contributed by atoms with E-state index in [1.165, 1.54) is 5.92 Å². The maximum Gasteiger partial charge on any atom is 2.00 e. The van der Waals surface area contributed by atoms with Crippen molar-refractivity contribution in [1.82, 2.24) is 50.4 Å². The van der Waals surface area contributed by atoms with E-state index in [0.29, 0.717) is 5.41 Å². The van der Waals surface area contributed by atoms with Crippen LogP contribution in [0.5, 0.6) is 0 Å². The molecule has 0 fully saturated rings. The van der Waals surface area contributed by atoms with Gasteiger partial charge in [-0.15, -0.1) is 15.3 Å². The number of tetrazole rings is 1. The summed E-state index contributed by atoms with van der Waals surface area (Å²) in [7, 11) is 0. The fourth-order valence-electron chi connectivity index (χ4n) is 2.67. The SMILES string of the molecule is CC(C)(C)C.CC(C)(C)c1cn(C(C)(C)C)nn1.CC(C)(C)c1n[nH]c(C(C)(C)C)n1.CC(C)(C)c1nnn(C(C)(C)C)n1.C[C-](C)C.[CH3-].[W+2]. The smallest absolute Gasteiger partial charge is 0.358 e. The summed E-state index contributed by atoms with van der Waals surface area (Å²) in [5.74, 6) is 4.05. The van der Waals surface area contributed by atoms with E-state index in [4.69, 9.17) is 0 Å². The first-order chi connectivity index (χ1) is 20.9. The molecule has 3 aromatic heterocycles. The molecule has 0 atom stereocenters. The van der Waals surface area contributed by atoms with Crippen LogP contribution >= 0.6 is 0 Å². The zero-order chi connectivity index (χ0) is 38.9. The molecule has 1 N–H and O–H groups in total. The second-order valence-electron chi connectivity index (χ2n) is 20.8. The average Bonchev–Trinajstić information content (AvgIpc) is 3.57. The molecule has 3 heterocycles. The summed E-state index contributed by atoms with van der Waals surface area (Å²) in [6.07, 6.45) is 2.03. The normalized spacial score (nSPS) is 12.4. The standard InChI is InChI=1S/2C10H19N3.C9H18N4.C5H12.C4H9.CH3.W/c1-9(2,3)7-11-8(13-12-7)10(4,5)6;1-9(2,3)8-7-13(12-11-8)10(4,5)6;1-8(2,3)7-10-12-13(11-7)9(4,5)6;1-5(2,3)4;1-4(2)3;;/h1-6H3,(H,11,12,13);7H,1-6H3;1-6H3;1-4H3;1-3H3;1H3;/q;;;;2*-1;+2. The Morgan fingerprint density at radius 1 is 0.560 bits per heavy atom. The first-order valence-electron chi connectivity index (χ1n) is 17.3. The minimum absolute atomic E-state index is 0. The van der Waals surface area contributed by atoms with E-state index in [9.17, 15) is 0 Å². The molecule has 0 aliphatic heterocycles. The van der Waals surface area contributed by atoms with Crippen LogP contribution in [0.15, 0.2) is 6.20 Å². The third-order valence-corrected chi connectivity index (χ3v) is 5.50. The van der Waals surface area contributed by atoms with Gasteiger partial charge in [0.2, 0.25) is 0 Å². The number of aromatic nitrogens is 10. The molecule has 0 aliphatic carbocycles. The van der Waals surface area contributed by atoms with E-state index in [1.54, 1.807) is 4.80 Å². The van der Waals surface area contributed by atoms with Crippen molar-refractivity contribution in [2.75, 3.05) is 0 Å². The van der Waals surface area contributed by atoms with Crippen LogP contribution in [0.4, 0.5) is 0 Å². The van der Waals surface area contributed by atoms with Crippen molar-refractivity contribution >= 4 is 0 Å². The minimum atomic E-state index is -0.0868. The van der Waals surface area contributed by atoms with E-state index in [-0.39, 0.29) is 61.2 Å². The van der Waals surface area contributed by atoms with Gasteiger partial charge in [-0.2, -0.15) is 30.7 Å². The monoisotopic (exact) mass is 873 g/mol. The molecule has 0 amide bonds. The Hall–Kier alpha value is -1.96. The zero-order valence-electron chi connectivity index (χ0n) is 37.5. The molecule has 0 radical (unpaired) electrons. The summed E-state index contributed by atoms with van der Waals surface area (Å²) in [5.41, 5.74) is 1.62. The van der Waals surface area contributed by atoms with Crippen LogP contribution in [0.2, 0.25) is 0 Å². The van der Waals surface area contributed by atoms with Crippen LogP contribution in [0.25, 0.3) is 0 Å². The zero-order valence-corrected chi connectivity index (χ0v) is 40.4. The Kier molecular flexibility index (Phi) is 22.3. The number of aromatic amines is 1. The molecule has 10 nitrogen and oxygen atoms in total. The summed E-state index contributed by atoms with van der Waals surface area (Å²) < 4.78 is 1.91. The van der Waals surface area contributed by atoms with Gasteiger partial charge >= 0.3 is 21.1 Å². The Morgan fingerprint density at radius 2 is 0.960 bits per heavy atom. The number of hydrogen-bond acceptors (Lipinski definition) is 7. The van der Waals surface area contributed by atoms with Gasteiger partial charge in [0.05, 0.1) is 16.8 Å². The van der Waals surface area contributed by atoms with Gasteiger partial charge < -0.3 is 13.3 Å². The van der Waals surface area contributed by atoms with Crippen LogP contribution < -0.4 is 0 Å². The van der Waals surface area contributed by atoms with Crippen LogP contribution in [0, 0.1) is 18.8 Å². The summed E-state index contributed by atoms with van der Waals surface area (Å²) in [6.45, 7) is 52.9. The van der Waals surface area contributed by atoms with E-state index in [2.05, 4.69) is 214 Å². The number of nitrogens with one attached hydrogen (secondary N) is 1. The van der Waals surface area contributed by atoms with Gasteiger partial charge in [0.1, 0.15) is 5.82 Å². The molecule has 0 saturated carbocycles. The second kappa shape index (κ2) is 20.3. The second-order valence-corrected chi connectivity index (χ2v) is 20.8. The van der Waals surface area contributed by atoms with Crippen molar-refractivity contribution < 1.29 is 21.1 Å². The molecular formula is C39H80N10W. The van der Waals surface area contributed by atoms with E-state index >= 15 is 0 Å². The van der Waals surface area contributed by atoms with E-state index in [0.717, 1.165) is 23.2 Å². The van der Waals surface area contributed by atoms with Gasteiger partial charge in [-0.1, -0.05) is 116 Å². The largest absolute Gasteiger partial charge is 2.00 e. The average molecular weight is 873 g/mol. The van der Waals surface area contributed by atoms with Crippen LogP contribution in [0.1, 0.15) is 196 Å². The van der Waals surface area contributed by atoms with Gasteiger partial charge in [0.15, 0.2) is 11.6 Å². The molecule has 292 valence electrons. The quantitative estimate of drug-likeness (QED) is 0.224. The number of rotatable bonds is 0. The van der Waals surface area contributed by atoms with Crippen molar-refractivity contribution in [3.8, 4) is 0 Å². The first-order valence-corrected chi connectivity index (χ1v) is 17.3. The molecule has 3 rings (SSSR count). The van der Waals surface area contributed by atoms with Crippen LogP contribution in [-0.4, -0.2) is 50.4 Å². The Balaban J connectivity index is -0.000000278. The Morgan fingerprint density at radius 3 is 1.14 bits per heavy atom. The molecule has 0 aromatic carbocycles. The topological polar surface area (TPSA) is 116 Å². The third-order valence-electron chi connectivity index (χ3n) is 5.50. The first kappa shape index (κ1) is 54.8. The van der Waals surface area contributed by atoms with E-state index < -0.39 is 0 Å². The van der Waals surface area contributed by atoms with E-state index in [1.807, 2.05) is 10.9 Å². The summed E-state index contributed by atoms with van der Waals surface area (Å²) in [6, 6.07) is 0. The molecule has 0 bridgehead atoms. The molecule has 0 unspecified atom stereocenters. The summed E-state index contributed by atoms with van der Waals surface area (Å²) in [5, 5.41) is 27.9. The van der Waals surface area contributed by atoms with Gasteiger partial charge in [-0.05, 0) is 52.2 Å². The van der Waals surface area contributed by atoms with Crippen LogP contribution in [0.3, 0.4) is 0 Å². The van der Waals surface area contributed by atoms with Crippen molar-refractivity contribution in [3.05, 3.63) is 42.7 Å². The third kappa shape index (κ3) is 25.1. The van der Waals surface area contributed by atoms with Crippen molar-refractivity contribution in [2.45, 2.75) is 206 Å². The van der Waals surface area contributed by atoms with Crippen LogP contribution in [-0.2, 0) is 53.8 Å². The molecule has 3 aromatic rings. The van der Waals surface area contributed by atoms with Crippen molar-refractivity contribution in [1.29, 1.82) is 0 Å². The number of hydrogen-bond donors (Lipinski definition) is 1. The van der Waals surface area contributed by atoms with Crippen molar-refractivity contribution in [3.63, 3.8) is 0 Å². The van der Waals surface area contributed by atoms with Gasteiger partial charge in [0, 0.05) is 27.9 Å².